The van der Waals surface area contributed by atoms with Crippen LogP contribution in [0.25, 0.3) is 10.9 Å². The number of ketones is 1. The lowest BCUT2D eigenvalue weighted by Gasteiger charge is -2.11. The predicted molar refractivity (Wildman–Crippen MR) is 110 cm³/mol. The highest BCUT2D eigenvalue weighted by Gasteiger charge is 2.31. The fourth-order valence-electron chi connectivity index (χ4n) is 3.60. The smallest absolute Gasteiger partial charge is 0.406 e. The minimum atomic E-state index is -4.80. The average molecular weight is 425 g/mol. The van der Waals surface area contributed by atoms with Crippen LogP contribution < -0.4 is 9.30 Å². The number of rotatable bonds is 6. The average Bonchev–Trinajstić information content (AvgIpc) is 3.02. The largest absolute Gasteiger partial charge is 0.573 e. The molecule has 0 unspecified atom stereocenters. The van der Waals surface area contributed by atoms with Crippen molar-refractivity contribution < 1.29 is 27.3 Å². The number of carbonyl (C=O) groups excluding carboxylic acids is 1. The van der Waals surface area contributed by atoms with Gasteiger partial charge in [-0.15, -0.1) is 13.2 Å². The maximum absolute atomic E-state index is 12.8. The van der Waals surface area contributed by atoms with Crippen molar-refractivity contribution in [2.45, 2.75) is 26.4 Å². The van der Waals surface area contributed by atoms with Crippen molar-refractivity contribution in [3.05, 3.63) is 95.9 Å². The summed E-state index contributed by atoms with van der Waals surface area (Å²) < 4.78 is 45.2. The van der Waals surface area contributed by atoms with Gasteiger partial charge in [-0.3, -0.25) is 4.79 Å². The standard InChI is InChI=1S/C24H20F3N2O2/c1-17-12-20-15-28(14-18-6-3-2-4-7-18)11-10-22(20)29(17)16-23(30)19-8-5-9-21(13-19)31-24(25,26)27/h2-13,15H,14,16H2,1H3/q+1. The molecule has 0 fully saturated rings. The molecule has 2 heterocycles. The van der Waals surface area contributed by atoms with Gasteiger partial charge in [-0.1, -0.05) is 42.5 Å². The molecule has 0 aliphatic heterocycles. The van der Waals surface area contributed by atoms with Gasteiger partial charge in [0, 0.05) is 22.9 Å². The van der Waals surface area contributed by atoms with Crippen LogP contribution >= 0.6 is 0 Å². The van der Waals surface area contributed by atoms with E-state index in [0.29, 0.717) is 0 Å². The summed E-state index contributed by atoms with van der Waals surface area (Å²) in [6.45, 7) is 2.65. The molecule has 0 radical (unpaired) electrons. The summed E-state index contributed by atoms with van der Waals surface area (Å²) in [4.78, 5) is 12.8. The second-order valence-electron chi connectivity index (χ2n) is 7.31. The molecule has 0 saturated carbocycles. The Morgan fingerprint density at radius 3 is 2.55 bits per heavy atom. The Bertz CT molecular complexity index is 1230. The molecule has 0 aliphatic carbocycles. The summed E-state index contributed by atoms with van der Waals surface area (Å²) in [7, 11) is 0. The number of fused-ring (bicyclic) bond motifs is 1. The summed E-state index contributed by atoms with van der Waals surface area (Å²) in [5.74, 6) is -0.705. The highest BCUT2D eigenvalue weighted by Crippen LogP contribution is 2.24. The Balaban J connectivity index is 1.56. The molecule has 4 rings (SSSR count). The van der Waals surface area contributed by atoms with Crippen molar-refractivity contribution in [2.24, 2.45) is 0 Å². The van der Waals surface area contributed by atoms with Crippen molar-refractivity contribution >= 4 is 16.7 Å². The van der Waals surface area contributed by atoms with Gasteiger partial charge in [0.1, 0.15) is 5.75 Å². The Labute approximate surface area is 177 Å². The number of halogens is 3. The topological polar surface area (TPSA) is 35.1 Å². The van der Waals surface area contributed by atoms with Crippen LogP contribution in [0.2, 0.25) is 0 Å². The summed E-state index contributed by atoms with van der Waals surface area (Å²) >= 11 is 0. The molecule has 0 aliphatic rings. The molecule has 0 saturated heterocycles. The van der Waals surface area contributed by atoms with Gasteiger partial charge in [-0.25, -0.2) is 4.57 Å². The maximum Gasteiger partial charge on any atom is 0.573 e. The third kappa shape index (κ3) is 4.94. The van der Waals surface area contributed by atoms with Gasteiger partial charge in [-0.2, -0.15) is 0 Å². The lowest BCUT2D eigenvalue weighted by atomic mass is 10.1. The third-order valence-corrected chi connectivity index (χ3v) is 5.00. The first-order valence-corrected chi connectivity index (χ1v) is 9.70. The molecule has 0 amide bonds. The predicted octanol–water partition coefficient (Wildman–Crippen LogP) is 5.07. The molecular weight excluding hydrogens is 405 g/mol. The van der Waals surface area contributed by atoms with E-state index < -0.39 is 12.1 Å². The maximum atomic E-state index is 12.8. The van der Waals surface area contributed by atoms with Crippen LogP contribution in [-0.4, -0.2) is 16.7 Å². The molecule has 4 nitrogen and oxygen atoms in total. The second-order valence-corrected chi connectivity index (χ2v) is 7.31. The Morgan fingerprint density at radius 2 is 1.81 bits per heavy atom. The molecule has 0 bridgehead atoms. The zero-order chi connectivity index (χ0) is 22.0. The van der Waals surface area contributed by atoms with Crippen LogP contribution in [0, 0.1) is 6.92 Å². The molecule has 0 N–H and O–H groups in total. The van der Waals surface area contributed by atoms with Crippen molar-refractivity contribution in [2.75, 3.05) is 0 Å². The summed E-state index contributed by atoms with van der Waals surface area (Å²) in [6, 6.07) is 19.2. The van der Waals surface area contributed by atoms with Gasteiger partial charge >= 0.3 is 6.36 Å². The number of ether oxygens (including phenoxy) is 1. The normalized spacial score (nSPS) is 11.6. The van der Waals surface area contributed by atoms with Crippen LogP contribution in [0.3, 0.4) is 0 Å². The van der Waals surface area contributed by atoms with Crippen molar-refractivity contribution in [3.63, 3.8) is 0 Å². The lowest BCUT2D eigenvalue weighted by Crippen LogP contribution is -2.33. The number of Topliss-reactive ketones (excluding diaryl/α,β-unsaturated/α-hetero) is 1. The quantitative estimate of drug-likeness (QED) is 0.320. The van der Waals surface area contributed by atoms with E-state index in [0.717, 1.165) is 29.2 Å². The Kier molecular flexibility index (Phi) is 5.50. The number of hydrogen-bond donors (Lipinski definition) is 0. The van der Waals surface area contributed by atoms with E-state index in [4.69, 9.17) is 0 Å². The molecule has 0 atom stereocenters. The highest BCUT2D eigenvalue weighted by atomic mass is 19.4. The number of pyridine rings is 1. The molecule has 2 aromatic heterocycles. The van der Waals surface area contributed by atoms with Crippen LogP contribution in [0.4, 0.5) is 13.2 Å². The number of aryl methyl sites for hydroxylation is 1. The lowest BCUT2D eigenvalue weighted by molar-refractivity contribution is -0.687. The first-order chi connectivity index (χ1) is 14.8. The van der Waals surface area contributed by atoms with E-state index in [-0.39, 0.29) is 17.9 Å². The van der Waals surface area contributed by atoms with Gasteiger partial charge in [0.15, 0.2) is 24.7 Å². The second kappa shape index (κ2) is 8.26. The van der Waals surface area contributed by atoms with Gasteiger partial charge in [0.2, 0.25) is 0 Å². The van der Waals surface area contributed by atoms with Crippen LogP contribution in [-0.2, 0) is 13.1 Å². The van der Waals surface area contributed by atoms with E-state index >= 15 is 0 Å². The van der Waals surface area contributed by atoms with E-state index in [9.17, 15) is 18.0 Å². The van der Waals surface area contributed by atoms with Gasteiger partial charge in [0.25, 0.3) is 0 Å². The third-order valence-electron chi connectivity index (χ3n) is 5.00. The molecule has 158 valence electrons. The number of aromatic nitrogens is 2. The fourth-order valence-corrected chi connectivity index (χ4v) is 3.60. The number of hydrogen-bond acceptors (Lipinski definition) is 2. The fraction of sp³-hybridized carbons (Fsp3) is 0.167. The van der Waals surface area contributed by atoms with Gasteiger partial charge in [0.05, 0.1) is 17.4 Å². The molecule has 4 aromatic rings. The summed E-state index contributed by atoms with van der Waals surface area (Å²) in [5.41, 5.74) is 3.12. The van der Waals surface area contributed by atoms with E-state index in [1.165, 1.54) is 23.8 Å². The van der Waals surface area contributed by atoms with Crippen molar-refractivity contribution in [1.82, 2.24) is 4.57 Å². The minimum Gasteiger partial charge on any atom is -0.406 e. The molecule has 31 heavy (non-hydrogen) atoms. The molecular formula is C24H20F3N2O2+. The highest BCUT2D eigenvalue weighted by molar-refractivity contribution is 5.97. The first kappa shape index (κ1) is 20.7. The molecule has 7 heteroatoms. The Morgan fingerprint density at radius 1 is 1.03 bits per heavy atom. The number of alkyl halides is 3. The Hall–Kier alpha value is -3.61. The minimum absolute atomic E-state index is 0.0213. The van der Waals surface area contributed by atoms with E-state index in [1.54, 1.807) is 0 Å². The van der Waals surface area contributed by atoms with Gasteiger partial charge in [-0.05, 0) is 25.1 Å². The zero-order valence-corrected chi connectivity index (χ0v) is 16.8. The zero-order valence-electron chi connectivity index (χ0n) is 16.8. The summed E-state index contributed by atoms with van der Waals surface area (Å²) in [5, 5.41) is 0.984. The van der Waals surface area contributed by atoms with E-state index in [1.807, 2.05) is 54.2 Å². The monoisotopic (exact) mass is 425 g/mol. The first-order valence-electron chi connectivity index (χ1n) is 9.70. The summed E-state index contributed by atoms with van der Waals surface area (Å²) in [6.07, 6.45) is -0.828. The SMILES string of the molecule is Cc1cc2c[n+](Cc3ccccc3)ccc2n1CC(=O)c1cccc(OC(F)(F)F)c1. The number of nitrogens with zero attached hydrogens (tertiary/aromatic N) is 2. The number of carbonyl (C=O) groups is 1. The molecule has 0 spiro atoms. The molecule has 2 aromatic carbocycles. The van der Waals surface area contributed by atoms with Gasteiger partial charge < -0.3 is 9.30 Å². The van der Waals surface area contributed by atoms with Crippen LogP contribution in [0.1, 0.15) is 21.6 Å². The van der Waals surface area contributed by atoms with E-state index in [2.05, 4.69) is 21.4 Å². The van der Waals surface area contributed by atoms with Crippen molar-refractivity contribution in [1.29, 1.82) is 0 Å². The van der Waals surface area contributed by atoms with Crippen molar-refractivity contribution in [3.8, 4) is 5.75 Å². The van der Waals surface area contributed by atoms with Crippen LogP contribution in [0.5, 0.6) is 5.75 Å². The van der Waals surface area contributed by atoms with Crippen LogP contribution in [0.15, 0.2) is 79.1 Å². The number of benzene rings is 2.